The summed E-state index contributed by atoms with van der Waals surface area (Å²) in [5, 5.41) is 7.61. The highest BCUT2D eigenvalue weighted by Gasteiger charge is 2.10. The van der Waals surface area contributed by atoms with Gasteiger partial charge in [-0.05, 0) is 13.3 Å². The average Bonchev–Trinajstić information content (AvgIpc) is 3.09. The van der Waals surface area contributed by atoms with Gasteiger partial charge in [-0.15, -0.1) is 0 Å². The predicted molar refractivity (Wildman–Crippen MR) is 66.4 cm³/mol. The van der Waals surface area contributed by atoms with E-state index in [4.69, 9.17) is 9.05 Å². The molecule has 3 aromatic rings. The zero-order valence-electron chi connectivity index (χ0n) is 10.9. The zero-order chi connectivity index (χ0) is 13.8. The van der Waals surface area contributed by atoms with E-state index in [9.17, 15) is 0 Å². The first-order chi connectivity index (χ1) is 9.81. The molecule has 0 amide bonds. The lowest BCUT2D eigenvalue weighted by atomic mass is 10.2. The van der Waals surface area contributed by atoms with Gasteiger partial charge in [0.25, 0.3) is 0 Å². The number of aromatic nitrogens is 6. The van der Waals surface area contributed by atoms with E-state index in [2.05, 4.69) is 30.2 Å². The molecule has 3 rings (SSSR count). The predicted octanol–water partition coefficient (Wildman–Crippen LogP) is 1.39. The molecular weight excluding hydrogens is 260 g/mol. The summed E-state index contributed by atoms with van der Waals surface area (Å²) < 4.78 is 10.2. The molecular formula is C12H12N6O2. The molecule has 0 aliphatic heterocycles. The van der Waals surface area contributed by atoms with Crippen molar-refractivity contribution in [1.82, 2.24) is 30.2 Å². The van der Waals surface area contributed by atoms with Crippen LogP contribution in [0.15, 0.2) is 27.6 Å². The second-order valence-electron chi connectivity index (χ2n) is 4.19. The van der Waals surface area contributed by atoms with Crippen molar-refractivity contribution in [2.75, 3.05) is 0 Å². The summed E-state index contributed by atoms with van der Waals surface area (Å²) in [4.78, 5) is 16.5. The molecule has 0 saturated carbocycles. The van der Waals surface area contributed by atoms with Crippen molar-refractivity contribution in [3.63, 3.8) is 0 Å². The van der Waals surface area contributed by atoms with Gasteiger partial charge in [-0.25, -0.2) is 4.98 Å². The van der Waals surface area contributed by atoms with Crippen LogP contribution in [0.4, 0.5) is 0 Å². The number of aryl methyl sites for hydroxylation is 3. The van der Waals surface area contributed by atoms with E-state index in [0.717, 1.165) is 6.42 Å². The Morgan fingerprint density at radius 1 is 1.00 bits per heavy atom. The fourth-order valence-electron chi connectivity index (χ4n) is 1.71. The van der Waals surface area contributed by atoms with Crippen LogP contribution in [0.5, 0.6) is 0 Å². The third kappa shape index (κ3) is 2.85. The van der Waals surface area contributed by atoms with Crippen molar-refractivity contribution in [2.24, 2.45) is 0 Å². The molecule has 0 atom stereocenters. The topological polar surface area (TPSA) is 104 Å². The molecule has 102 valence electrons. The molecule has 8 heteroatoms. The number of nitrogens with zero attached hydrogens (tertiary/aromatic N) is 6. The van der Waals surface area contributed by atoms with E-state index in [0.29, 0.717) is 42.0 Å². The number of hydrogen-bond acceptors (Lipinski definition) is 8. The molecule has 0 aliphatic carbocycles. The van der Waals surface area contributed by atoms with Crippen LogP contribution < -0.4 is 0 Å². The van der Waals surface area contributed by atoms with Gasteiger partial charge >= 0.3 is 0 Å². The lowest BCUT2D eigenvalue weighted by Gasteiger charge is -1.91. The molecule has 8 nitrogen and oxygen atoms in total. The van der Waals surface area contributed by atoms with Crippen LogP contribution >= 0.6 is 0 Å². The highest BCUT2D eigenvalue weighted by Crippen LogP contribution is 2.12. The van der Waals surface area contributed by atoms with Gasteiger partial charge in [-0.3, -0.25) is 4.98 Å². The lowest BCUT2D eigenvalue weighted by Crippen LogP contribution is -1.91. The summed E-state index contributed by atoms with van der Waals surface area (Å²) >= 11 is 0. The highest BCUT2D eigenvalue weighted by atomic mass is 16.5. The van der Waals surface area contributed by atoms with Crippen LogP contribution in [-0.4, -0.2) is 30.2 Å². The first-order valence-electron chi connectivity index (χ1n) is 6.19. The van der Waals surface area contributed by atoms with Gasteiger partial charge in [0, 0.05) is 25.2 Å². The molecule has 0 fully saturated rings. The third-order valence-corrected chi connectivity index (χ3v) is 2.61. The van der Waals surface area contributed by atoms with Crippen molar-refractivity contribution in [1.29, 1.82) is 0 Å². The quantitative estimate of drug-likeness (QED) is 0.686. The van der Waals surface area contributed by atoms with Gasteiger partial charge in [-0.2, -0.15) is 9.97 Å². The van der Waals surface area contributed by atoms with Gasteiger partial charge < -0.3 is 9.05 Å². The molecule has 0 aromatic carbocycles. The molecule has 0 aliphatic rings. The molecule has 0 radical (unpaired) electrons. The van der Waals surface area contributed by atoms with Gasteiger partial charge in [-0.1, -0.05) is 10.3 Å². The maximum Gasteiger partial charge on any atom is 0.227 e. The van der Waals surface area contributed by atoms with Crippen molar-refractivity contribution in [3.05, 3.63) is 36.2 Å². The van der Waals surface area contributed by atoms with Crippen LogP contribution in [0, 0.1) is 6.92 Å². The number of rotatable bonds is 5. The molecule has 0 N–H and O–H groups in total. The smallest absolute Gasteiger partial charge is 0.227 e. The highest BCUT2D eigenvalue weighted by molar-refractivity contribution is 5.45. The molecule has 0 bridgehead atoms. The summed E-state index contributed by atoms with van der Waals surface area (Å²) in [6, 6.07) is 0. The minimum atomic E-state index is 0.446. The summed E-state index contributed by atoms with van der Waals surface area (Å²) in [5.74, 6) is 2.27. The maximum atomic E-state index is 5.17. The van der Waals surface area contributed by atoms with E-state index in [1.807, 2.05) is 0 Å². The Kier molecular flexibility index (Phi) is 3.44. The normalized spacial score (nSPS) is 10.8. The van der Waals surface area contributed by atoms with E-state index < -0.39 is 0 Å². The van der Waals surface area contributed by atoms with Crippen molar-refractivity contribution < 1.29 is 9.05 Å². The first kappa shape index (κ1) is 12.4. The summed E-state index contributed by atoms with van der Waals surface area (Å²) in [5.41, 5.74) is 0.593. The largest absolute Gasteiger partial charge is 0.339 e. The number of hydrogen-bond donors (Lipinski definition) is 0. The molecule has 3 heterocycles. The second-order valence-corrected chi connectivity index (χ2v) is 4.19. The van der Waals surface area contributed by atoms with Crippen LogP contribution in [0.2, 0.25) is 0 Å². The third-order valence-electron chi connectivity index (χ3n) is 2.61. The van der Waals surface area contributed by atoms with Crippen molar-refractivity contribution >= 4 is 0 Å². The SMILES string of the molecule is Cc1noc(CCCc2nc(-c3cnccn3)no2)n1. The van der Waals surface area contributed by atoms with Gasteiger partial charge in [0.1, 0.15) is 5.69 Å². The maximum absolute atomic E-state index is 5.17. The summed E-state index contributed by atoms with van der Waals surface area (Å²) in [6.45, 7) is 1.79. The fourth-order valence-corrected chi connectivity index (χ4v) is 1.71. The first-order valence-corrected chi connectivity index (χ1v) is 6.19. The summed E-state index contributed by atoms with van der Waals surface area (Å²) in [6.07, 6.45) is 6.90. The van der Waals surface area contributed by atoms with E-state index >= 15 is 0 Å². The molecule has 0 unspecified atom stereocenters. The van der Waals surface area contributed by atoms with Gasteiger partial charge in [0.15, 0.2) is 5.82 Å². The van der Waals surface area contributed by atoms with Crippen molar-refractivity contribution in [3.8, 4) is 11.5 Å². The fraction of sp³-hybridized carbons (Fsp3) is 0.333. The van der Waals surface area contributed by atoms with Gasteiger partial charge in [0.05, 0.1) is 6.20 Å². The minimum Gasteiger partial charge on any atom is -0.339 e. The second kappa shape index (κ2) is 5.55. The van der Waals surface area contributed by atoms with E-state index in [1.165, 1.54) is 0 Å². The Balaban J connectivity index is 1.58. The summed E-state index contributed by atoms with van der Waals surface area (Å²) in [7, 11) is 0. The minimum absolute atomic E-state index is 0.446. The van der Waals surface area contributed by atoms with Crippen LogP contribution in [0.3, 0.4) is 0 Å². The lowest BCUT2D eigenvalue weighted by molar-refractivity contribution is 0.358. The van der Waals surface area contributed by atoms with Crippen molar-refractivity contribution in [2.45, 2.75) is 26.2 Å². The van der Waals surface area contributed by atoms with Crippen LogP contribution in [-0.2, 0) is 12.8 Å². The van der Waals surface area contributed by atoms with E-state index in [-0.39, 0.29) is 0 Å². The Bertz CT molecular complexity index is 678. The average molecular weight is 272 g/mol. The zero-order valence-corrected chi connectivity index (χ0v) is 10.9. The van der Waals surface area contributed by atoms with Gasteiger partial charge in [0.2, 0.25) is 17.6 Å². The Hall–Kier alpha value is -2.64. The monoisotopic (exact) mass is 272 g/mol. The Labute approximate surface area is 114 Å². The Morgan fingerprint density at radius 2 is 1.80 bits per heavy atom. The molecule has 3 aromatic heterocycles. The van der Waals surface area contributed by atoms with E-state index in [1.54, 1.807) is 25.5 Å². The van der Waals surface area contributed by atoms with Crippen LogP contribution in [0.1, 0.15) is 24.0 Å². The molecule has 20 heavy (non-hydrogen) atoms. The molecule has 0 saturated heterocycles. The molecule has 0 spiro atoms. The standard InChI is InChI=1S/C12H12N6O2/c1-8-15-10(19-17-8)3-2-4-11-16-12(18-20-11)9-7-13-5-6-14-9/h5-7H,2-4H2,1H3. The van der Waals surface area contributed by atoms with Crippen LogP contribution in [0.25, 0.3) is 11.5 Å². The Morgan fingerprint density at radius 3 is 2.50 bits per heavy atom.